The Kier molecular flexibility index (Phi) is 6.26. The molecule has 4 rings (SSSR count). The molecule has 1 fully saturated rings. The van der Waals surface area contributed by atoms with Gasteiger partial charge in [-0.1, -0.05) is 32.9 Å². The topological polar surface area (TPSA) is 67.2 Å². The summed E-state index contributed by atoms with van der Waals surface area (Å²) in [7, 11) is 0. The van der Waals surface area contributed by atoms with E-state index in [-0.39, 0.29) is 11.8 Å². The Balaban J connectivity index is 1.50. The van der Waals surface area contributed by atoms with Gasteiger partial charge in [0.15, 0.2) is 0 Å². The van der Waals surface area contributed by atoms with Gasteiger partial charge in [-0.3, -0.25) is 4.79 Å². The molecule has 0 bridgehead atoms. The number of aromatic nitrogens is 4. The van der Waals surface area contributed by atoms with E-state index >= 15 is 0 Å². The zero-order valence-electron chi connectivity index (χ0n) is 19.7. The summed E-state index contributed by atoms with van der Waals surface area (Å²) in [5, 5.41) is 4.55. The number of benzene rings is 1. The lowest BCUT2D eigenvalue weighted by Crippen LogP contribution is -2.49. The summed E-state index contributed by atoms with van der Waals surface area (Å²) in [6.07, 6.45) is 2.46. The Labute approximate surface area is 190 Å². The minimum atomic E-state index is 0.0575. The van der Waals surface area contributed by atoms with Gasteiger partial charge in [-0.15, -0.1) is 0 Å². The Morgan fingerprint density at radius 1 is 1.06 bits per heavy atom. The van der Waals surface area contributed by atoms with Gasteiger partial charge in [0.1, 0.15) is 11.6 Å². The lowest BCUT2D eigenvalue weighted by molar-refractivity contribution is 0.0745. The lowest BCUT2D eigenvalue weighted by Gasteiger charge is -2.35. The summed E-state index contributed by atoms with van der Waals surface area (Å²) in [5.74, 6) is 2.17. The molecule has 1 aliphatic rings. The van der Waals surface area contributed by atoms with E-state index < -0.39 is 0 Å². The summed E-state index contributed by atoms with van der Waals surface area (Å²) in [6, 6.07) is 10.2. The van der Waals surface area contributed by atoms with Crippen LogP contribution in [0.1, 0.15) is 59.8 Å². The van der Waals surface area contributed by atoms with Crippen LogP contribution in [0.3, 0.4) is 0 Å². The zero-order chi connectivity index (χ0) is 22.8. The second kappa shape index (κ2) is 9.10. The third-order valence-electron chi connectivity index (χ3n) is 5.95. The Bertz CT molecular complexity index is 1110. The van der Waals surface area contributed by atoms with E-state index in [9.17, 15) is 4.79 Å². The average molecular weight is 433 g/mol. The van der Waals surface area contributed by atoms with Crippen molar-refractivity contribution in [2.75, 3.05) is 31.1 Å². The maximum atomic E-state index is 13.4. The van der Waals surface area contributed by atoms with Crippen molar-refractivity contribution in [2.24, 2.45) is 0 Å². The van der Waals surface area contributed by atoms with Crippen molar-refractivity contribution < 1.29 is 4.79 Å². The monoisotopic (exact) mass is 432 g/mol. The molecule has 1 aliphatic heterocycles. The predicted octanol–water partition coefficient (Wildman–Crippen LogP) is 3.93. The number of hydrogen-bond acceptors (Lipinski definition) is 5. The van der Waals surface area contributed by atoms with Crippen molar-refractivity contribution in [1.29, 1.82) is 0 Å². The van der Waals surface area contributed by atoms with E-state index in [2.05, 4.69) is 54.8 Å². The highest BCUT2D eigenvalue weighted by atomic mass is 16.2. The van der Waals surface area contributed by atoms with Crippen molar-refractivity contribution in [3.8, 4) is 5.69 Å². The summed E-state index contributed by atoms with van der Waals surface area (Å²) >= 11 is 0. The van der Waals surface area contributed by atoms with Crippen LogP contribution in [0.2, 0.25) is 0 Å². The number of piperazine rings is 1. The molecule has 0 atom stereocenters. The summed E-state index contributed by atoms with van der Waals surface area (Å²) in [5.41, 5.74) is 4.79. The first-order chi connectivity index (χ1) is 15.4. The highest BCUT2D eigenvalue weighted by Crippen LogP contribution is 2.22. The van der Waals surface area contributed by atoms with Crippen LogP contribution in [0.5, 0.6) is 0 Å². The molecule has 0 N–H and O–H groups in total. The zero-order valence-corrected chi connectivity index (χ0v) is 19.7. The SMILES string of the molecule is CCc1c(C(=O)N2CCN(c3cc(C)nc(C(C)C)n3)CC2)cnn1-c1cccc(C)c1. The Morgan fingerprint density at radius 3 is 2.47 bits per heavy atom. The molecule has 0 saturated carbocycles. The molecule has 32 heavy (non-hydrogen) atoms. The van der Waals surface area contributed by atoms with E-state index in [1.165, 1.54) is 5.56 Å². The smallest absolute Gasteiger partial charge is 0.257 e. The van der Waals surface area contributed by atoms with E-state index in [4.69, 9.17) is 4.98 Å². The highest BCUT2D eigenvalue weighted by molar-refractivity contribution is 5.95. The molecular formula is C25H32N6O. The van der Waals surface area contributed by atoms with E-state index in [1.54, 1.807) is 6.20 Å². The van der Waals surface area contributed by atoms with Crippen LogP contribution in [0.25, 0.3) is 5.69 Å². The predicted molar refractivity (Wildman–Crippen MR) is 127 cm³/mol. The minimum absolute atomic E-state index is 0.0575. The minimum Gasteiger partial charge on any atom is -0.353 e. The van der Waals surface area contributed by atoms with Gasteiger partial charge in [-0.2, -0.15) is 5.10 Å². The van der Waals surface area contributed by atoms with Crippen molar-refractivity contribution in [3.05, 3.63) is 64.9 Å². The molecule has 0 spiro atoms. The van der Waals surface area contributed by atoms with E-state index in [0.29, 0.717) is 18.7 Å². The summed E-state index contributed by atoms with van der Waals surface area (Å²) in [4.78, 5) is 26.9. The van der Waals surface area contributed by atoms with Gasteiger partial charge in [-0.05, 0) is 38.0 Å². The van der Waals surface area contributed by atoms with Crippen LogP contribution in [-0.2, 0) is 6.42 Å². The van der Waals surface area contributed by atoms with E-state index in [1.807, 2.05) is 34.7 Å². The first-order valence-electron chi connectivity index (χ1n) is 11.4. The number of anilines is 1. The number of carbonyl (C=O) groups excluding carboxylic acids is 1. The highest BCUT2D eigenvalue weighted by Gasteiger charge is 2.27. The molecule has 7 nitrogen and oxygen atoms in total. The number of hydrogen-bond donors (Lipinski definition) is 0. The number of amides is 1. The molecule has 7 heteroatoms. The fourth-order valence-electron chi connectivity index (χ4n) is 4.18. The third-order valence-corrected chi connectivity index (χ3v) is 5.95. The Morgan fingerprint density at radius 2 is 1.81 bits per heavy atom. The average Bonchev–Trinajstić information content (AvgIpc) is 3.22. The molecule has 3 aromatic rings. The lowest BCUT2D eigenvalue weighted by atomic mass is 10.1. The van der Waals surface area contributed by atoms with Crippen LogP contribution in [0.4, 0.5) is 5.82 Å². The number of rotatable bonds is 5. The Hall–Kier alpha value is -3.22. The van der Waals surface area contributed by atoms with Gasteiger partial charge < -0.3 is 9.80 Å². The van der Waals surface area contributed by atoms with Crippen LogP contribution in [0.15, 0.2) is 36.5 Å². The van der Waals surface area contributed by atoms with Crippen molar-refractivity contribution >= 4 is 11.7 Å². The number of carbonyl (C=O) groups is 1. The first kappa shape index (κ1) is 22.0. The maximum absolute atomic E-state index is 13.4. The second-order valence-corrected chi connectivity index (χ2v) is 8.77. The van der Waals surface area contributed by atoms with Crippen molar-refractivity contribution in [3.63, 3.8) is 0 Å². The molecular weight excluding hydrogens is 400 g/mol. The molecule has 2 aromatic heterocycles. The molecule has 0 unspecified atom stereocenters. The fourth-order valence-corrected chi connectivity index (χ4v) is 4.18. The van der Waals surface area contributed by atoms with Gasteiger partial charge in [0.2, 0.25) is 0 Å². The normalized spacial score (nSPS) is 14.3. The van der Waals surface area contributed by atoms with Crippen molar-refractivity contribution in [2.45, 2.75) is 47.0 Å². The number of aryl methyl sites for hydroxylation is 2. The van der Waals surface area contributed by atoms with E-state index in [0.717, 1.165) is 48.2 Å². The molecule has 168 valence electrons. The van der Waals surface area contributed by atoms with Gasteiger partial charge in [0.25, 0.3) is 5.91 Å². The molecule has 1 aromatic carbocycles. The third kappa shape index (κ3) is 4.38. The van der Waals surface area contributed by atoms with Crippen LogP contribution < -0.4 is 4.90 Å². The molecule has 0 aliphatic carbocycles. The van der Waals surface area contributed by atoms with Crippen LogP contribution in [-0.4, -0.2) is 56.7 Å². The fraction of sp³-hybridized carbons (Fsp3) is 0.440. The van der Waals surface area contributed by atoms with Gasteiger partial charge >= 0.3 is 0 Å². The summed E-state index contributed by atoms with van der Waals surface area (Å²) < 4.78 is 1.90. The molecule has 3 heterocycles. The van der Waals surface area contributed by atoms with Crippen molar-refractivity contribution in [1.82, 2.24) is 24.6 Å². The number of nitrogens with zero attached hydrogens (tertiary/aromatic N) is 6. The molecule has 0 radical (unpaired) electrons. The maximum Gasteiger partial charge on any atom is 0.257 e. The van der Waals surface area contributed by atoms with Gasteiger partial charge in [0.05, 0.1) is 23.1 Å². The summed E-state index contributed by atoms with van der Waals surface area (Å²) in [6.45, 7) is 13.2. The first-order valence-corrected chi connectivity index (χ1v) is 11.4. The quantitative estimate of drug-likeness (QED) is 0.611. The molecule has 1 amide bonds. The largest absolute Gasteiger partial charge is 0.353 e. The molecule has 1 saturated heterocycles. The second-order valence-electron chi connectivity index (χ2n) is 8.77. The van der Waals surface area contributed by atoms with Gasteiger partial charge in [0, 0.05) is 43.9 Å². The standard InChI is InChI=1S/C25H32N6O/c1-6-22-21(16-26-31(22)20-9-7-8-18(4)14-20)25(32)30-12-10-29(11-13-30)23-15-19(5)27-24(28-23)17(2)3/h7-9,14-17H,6,10-13H2,1-5H3. The van der Waals surface area contributed by atoms with Crippen LogP contribution in [0, 0.1) is 13.8 Å². The van der Waals surface area contributed by atoms with Crippen LogP contribution >= 0.6 is 0 Å². The van der Waals surface area contributed by atoms with Gasteiger partial charge in [-0.25, -0.2) is 14.6 Å².